The Morgan fingerprint density at radius 3 is 2.68 bits per heavy atom. The summed E-state index contributed by atoms with van der Waals surface area (Å²) >= 11 is 0. The Balaban J connectivity index is 2.35. The molecule has 22 heavy (non-hydrogen) atoms. The number of hydrogen-bond donors (Lipinski definition) is 2. The van der Waals surface area contributed by atoms with Crippen LogP contribution in [0.5, 0.6) is 0 Å². The molecule has 0 saturated carbocycles. The van der Waals surface area contributed by atoms with Crippen molar-refractivity contribution >= 4 is 16.0 Å². The molecular weight excluding hydrogens is 302 g/mol. The zero-order valence-electron chi connectivity index (χ0n) is 13.8. The minimum atomic E-state index is -3.10. The molecule has 0 aliphatic carbocycles. The molecular formula is C14H27N5O2S. The van der Waals surface area contributed by atoms with Crippen LogP contribution < -0.4 is 10.0 Å². The highest BCUT2D eigenvalue weighted by Crippen LogP contribution is 2.03. The average molecular weight is 329 g/mol. The fourth-order valence-electron chi connectivity index (χ4n) is 1.98. The van der Waals surface area contributed by atoms with Gasteiger partial charge < -0.3 is 14.8 Å². The summed E-state index contributed by atoms with van der Waals surface area (Å²) in [5.41, 5.74) is 1.20. The van der Waals surface area contributed by atoms with Crippen molar-refractivity contribution in [1.29, 1.82) is 0 Å². The molecule has 0 saturated heterocycles. The SMILES string of the molecule is CCS(=O)(=O)NCCCNC(=NC)N(C)Cc1cccn1C. The molecule has 0 atom stereocenters. The predicted octanol–water partition coefficient (Wildman–Crippen LogP) is 0.362. The first-order valence-electron chi connectivity index (χ1n) is 7.39. The Morgan fingerprint density at radius 1 is 1.41 bits per heavy atom. The molecule has 2 N–H and O–H groups in total. The summed E-state index contributed by atoms with van der Waals surface area (Å²) < 4.78 is 27.2. The van der Waals surface area contributed by atoms with Gasteiger partial charge in [0.2, 0.25) is 10.0 Å². The second-order valence-electron chi connectivity index (χ2n) is 5.09. The van der Waals surface area contributed by atoms with Crippen molar-refractivity contribution in [3.63, 3.8) is 0 Å². The molecule has 0 aliphatic rings. The third-order valence-corrected chi connectivity index (χ3v) is 4.77. The zero-order chi connectivity index (χ0) is 16.6. The van der Waals surface area contributed by atoms with Gasteiger partial charge in [0.15, 0.2) is 5.96 Å². The van der Waals surface area contributed by atoms with Gasteiger partial charge in [-0.15, -0.1) is 0 Å². The molecule has 0 spiro atoms. The van der Waals surface area contributed by atoms with Crippen LogP contribution in [0, 0.1) is 0 Å². The standard InChI is InChI=1S/C14H27N5O2S/c1-5-22(20,21)17-10-7-9-16-14(15-2)19(4)12-13-8-6-11-18(13)3/h6,8,11,17H,5,7,9-10,12H2,1-4H3,(H,15,16). The van der Waals surface area contributed by atoms with Gasteiger partial charge in [0, 0.05) is 46.1 Å². The van der Waals surface area contributed by atoms with E-state index in [0.29, 0.717) is 19.5 Å². The first-order chi connectivity index (χ1) is 10.4. The van der Waals surface area contributed by atoms with E-state index >= 15 is 0 Å². The number of aromatic nitrogens is 1. The summed E-state index contributed by atoms with van der Waals surface area (Å²) in [6.45, 7) is 3.48. The number of aliphatic imine (C=N–C) groups is 1. The maximum Gasteiger partial charge on any atom is 0.211 e. The van der Waals surface area contributed by atoms with E-state index in [2.05, 4.69) is 25.7 Å². The van der Waals surface area contributed by atoms with Gasteiger partial charge in [-0.1, -0.05) is 0 Å². The average Bonchev–Trinajstić information content (AvgIpc) is 2.88. The van der Waals surface area contributed by atoms with Crippen LogP contribution in [0.15, 0.2) is 23.3 Å². The van der Waals surface area contributed by atoms with Crippen LogP contribution in [0.3, 0.4) is 0 Å². The van der Waals surface area contributed by atoms with Crippen molar-refractivity contribution in [2.45, 2.75) is 19.9 Å². The molecule has 0 amide bonds. The van der Waals surface area contributed by atoms with Crippen molar-refractivity contribution in [1.82, 2.24) is 19.5 Å². The number of guanidine groups is 1. The molecule has 0 radical (unpaired) electrons. The highest BCUT2D eigenvalue weighted by Gasteiger charge is 2.08. The van der Waals surface area contributed by atoms with E-state index in [1.165, 1.54) is 5.69 Å². The second-order valence-corrected chi connectivity index (χ2v) is 7.19. The van der Waals surface area contributed by atoms with Crippen LogP contribution in [0.2, 0.25) is 0 Å². The summed E-state index contributed by atoms with van der Waals surface area (Å²) in [5, 5.41) is 3.24. The van der Waals surface area contributed by atoms with Crippen LogP contribution in [0.4, 0.5) is 0 Å². The molecule has 1 heterocycles. The Morgan fingerprint density at radius 2 is 2.14 bits per heavy atom. The molecule has 0 aromatic carbocycles. The molecule has 0 aliphatic heterocycles. The fourth-order valence-corrected chi connectivity index (χ4v) is 2.64. The Bertz CT molecular complexity index is 580. The number of hydrogen-bond acceptors (Lipinski definition) is 3. The lowest BCUT2D eigenvalue weighted by molar-refractivity contribution is 0.461. The minimum absolute atomic E-state index is 0.113. The molecule has 126 valence electrons. The van der Waals surface area contributed by atoms with Crippen LogP contribution >= 0.6 is 0 Å². The second kappa shape index (κ2) is 8.79. The topological polar surface area (TPSA) is 78.7 Å². The van der Waals surface area contributed by atoms with Crippen molar-refractivity contribution in [3.05, 3.63) is 24.0 Å². The van der Waals surface area contributed by atoms with Gasteiger partial charge in [-0.2, -0.15) is 0 Å². The largest absolute Gasteiger partial charge is 0.356 e. The number of aryl methyl sites for hydroxylation is 1. The third-order valence-electron chi connectivity index (χ3n) is 3.36. The van der Waals surface area contributed by atoms with E-state index in [-0.39, 0.29) is 5.75 Å². The summed E-state index contributed by atoms with van der Waals surface area (Å²) in [6.07, 6.45) is 2.72. The minimum Gasteiger partial charge on any atom is -0.356 e. The van der Waals surface area contributed by atoms with Crippen molar-refractivity contribution in [3.8, 4) is 0 Å². The zero-order valence-corrected chi connectivity index (χ0v) is 14.7. The Labute approximate surface area is 133 Å². The van der Waals surface area contributed by atoms with Crippen LogP contribution in [0.1, 0.15) is 19.0 Å². The molecule has 1 rings (SSSR count). The normalized spacial score (nSPS) is 12.5. The quantitative estimate of drug-likeness (QED) is 0.410. The van der Waals surface area contributed by atoms with E-state index in [9.17, 15) is 8.42 Å². The van der Waals surface area contributed by atoms with Crippen LogP contribution in [-0.4, -0.2) is 56.8 Å². The van der Waals surface area contributed by atoms with Crippen LogP contribution in [0.25, 0.3) is 0 Å². The number of nitrogens with zero attached hydrogens (tertiary/aromatic N) is 3. The maximum atomic E-state index is 11.3. The number of nitrogens with one attached hydrogen (secondary N) is 2. The van der Waals surface area contributed by atoms with Gasteiger partial charge in [0.1, 0.15) is 0 Å². The molecule has 0 fully saturated rings. The van der Waals surface area contributed by atoms with E-state index in [1.54, 1.807) is 14.0 Å². The first-order valence-corrected chi connectivity index (χ1v) is 9.04. The van der Waals surface area contributed by atoms with Crippen molar-refractivity contribution in [2.24, 2.45) is 12.0 Å². The monoisotopic (exact) mass is 329 g/mol. The molecule has 1 aromatic heterocycles. The maximum absolute atomic E-state index is 11.3. The molecule has 0 unspecified atom stereocenters. The third kappa shape index (κ3) is 6.07. The van der Waals surface area contributed by atoms with E-state index in [1.807, 2.05) is 31.3 Å². The van der Waals surface area contributed by atoms with E-state index < -0.39 is 10.0 Å². The smallest absolute Gasteiger partial charge is 0.211 e. The van der Waals surface area contributed by atoms with E-state index in [4.69, 9.17) is 0 Å². The Kier molecular flexibility index (Phi) is 7.40. The summed E-state index contributed by atoms with van der Waals surface area (Å²) in [7, 11) is 2.62. The molecule has 8 heteroatoms. The predicted molar refractivity (Wildman–Crippen MR) is 90.3 cm³/mol. The van der Waals surface area contributed by atoms with Gasteiger partial charge in [0.25, 0.3) is 0 Å². The summed E-state index contributed by atoms with van der Waals surface area (Å²) in [6, 6.07) is 4.09. The van der Waals surface area contributed by atoms with Crippen molar-refractivity contribution < 1.29 is 8.42 Å². The van der Waals surface area contributed by atoms with Gasteiger partial charge >= 0.3 is 0 Å². The van der Waals surface area contributed by atoms with Gasteiger partial charge in [-0.25, -0.2) is 13.1 Å². The molecule has 0 bridgehead atoms. The molecule has 1 aromatic rings. The van der Waals surface area contributed by atoms with Crippen LogP contribution in [-0.2, 0) is 23.6 Å². The van der Waals surface area contributed by atoms with Gasteiger partial charge in [-0.05, 0) is 25.5 Å². The summed E-state index contributed by atoms with van der Waals surface area (Å²) in [5.74, 6) is 0.904. The summed E-state index contributed by atoms with van der Waals surface area (Å²) in [4.78, 5) is 6.28. The first kappa shape index (κ1) is 18.5. The number of sulfonamides is 1. The van der Waals surface area contributed by atoms with Gasteiger partial charge in [-0.3, -0.25) is 4.99 Å². The van der Waals surface area contributed by atoms with Crippen molar-refractivity contribution in [2.75, 3.05) is 32.9 Å². The number of rotatable bonds is 8. The fraction of sp³-hybridized carbons (Fsp3) is 0.643. The van der Waals surface area contributed by atoms with E-state index in [0.717, 1.165) is 12.5 Å². The highest BCUT2D eigenvalue weighted by molar-refractivity contribution is 7.89. The highest BCUT2D eigenvalue weighted by atomic mass is 32.2. The Hall–Kier alpha value is -1.54. The lowest BCUT2D eigenvalue weighted by atomic mass is 10.4. The lowest BCUT2D eigenvalue weighted by Crippen LogP contribution is -2.40. The lowest BCUT2D eigenvalue weighted by Gasteiger charge is -2.22. The van der Waals surface area contributed by atoms with Gasteiger partial charge in [0.05, 0.1) is 12.3 Å². The molecule has 7 nitrogen and oxygen atoms in total.